The summed E-state index contributed by atoms with van der Waals surface area (Å²) in [5.41, 5.74) is 4.88. The first-order valence-electron chi connectivity index (χ1n) is 4.94. The van der Waals surface area contributed by atoms with Gasteiger partial charge in [-0.2, -0.15) is 0 Å². The van der Waals surface area contributed by atoms with Crippen LogP contribution in [-0.2, 0) is 9.53 Å². The van der Waals surface area contributed by atoms with Crippen molar-refractivity contribution in [2.75, 3.05) is 12.4 Å². The number of carbonyl (C=O) groups is 2. The lowest BCUT2D eigenvalue weighted by Crippen LogP contribution is -2.35. The van der Waals surface area contributed by atoms with Crippen molar-refractivity contribution in [3.63, 3.8) is 0 Å². The highest BCUT2D eigenvalue weighted by molar-refractivity contribution is 7.13. The van der Waals surface area contributed by atoms with Crippen molar-refractivity contribution < 1.29 is 14.3 Å². The molecule has 0 radical (unpaired) electrons. The zero-order valence-corrected chi connectivity index (χ0v) is 10.8. The zero-order valence-electron chi connectivity index (χ0n) is 9.94. The molecular formula is C10H15N3O3S. The molecule has 1 amide bonds. The molecule has 0 aliphatic heterocycles. The molecule has 0 aromatic carbocycles. The minimum atomic E-state index is -0.503. The summed E-state index contributed by atoms with van der Waals surface area (Å²) < 4.78 is 4.55. The number of nitrogens with zero attached hydrogens (tertiary/aromatic N) is 1. The number of anilines is 1. The lowest BCUT2D eigenvalue weighted by atomic mass is 10.0. The van der Waals surface area contributed by atoms with E-state index < -0.39 is 17.4 Å². The third-order valence-corrected chi connectivity index (χ3v) is 2.72. The van der Waals surface area contributed by atoms with Gasteiger partial charge < -0.3 is 15.8 Å². The minimum absolute atomic E-state index is 0.181. The summed E-state index contributed by atoms with van der Waals surface area (Å²) in [6, 6.07) is 0. The van der Waals surface area contributed by atoms with Gasteiger partial charge in [0.25, 0.3) is 0 Å². The highest BCUT2D eigenvalue weighted by Crippen LogP contribution is 2.22. The fourth-order valence-corrected chi connectivity index (χ4v) is 2.16. The van der Waals surface area contributed by atoms with Crippen molar-refractivity contribution in [1.29, 1.82) is 0 Å². The molecule has 0 spiro atoms. The summed E-state index contributed by atoms with van der Waals surface area (Å²) in [5, 5.41) is 5.19. The second-order valence-corrected chi connectivity index (χ2v) is 5.04. The van der Waals surface area contributed by atoms with Crippen LogP contribution in [0, 0.1) is 0 Å². The zero-order chi connectivity index (χ0) is 13.1. The van der Waals surface area contributed by atoms with Gasteiger partial charge in [0.15, 0.2) is 10.8 Å². The fourth-order valence-electron chi connectivity index (χ4n) is 1.30. The molecule has 0 unspecified atom stereocenters. The van der Waals surface area contributed by atoms with Gasteiger partial charge in [0, 0.05) is 17.3 Å². The number of carbonyl (C=O) groups excluding carboxylic acids is 2. The van der Waals surface area contributed by atoms with Gasteiger partial charge in [-0.1, -0.05) is 0 Å². The van der Waals surface area contributed by atoms with Crippen molar-refractivity contribution in [2.24, 2.45) is 5.73 Å². The van der Waals surface area contributed by atoms with E-state index in [1.54, 1.807) is 5.38 Å². The summed E-state index contributed by atoms with van der Waals surface area (Å²) in [6.45, 7) is 3.66. The van der Waals surface area contributed by atoms with Crippen LogP contribution < -0.4 is 11.1 Å². The molecule has 0 saturated carbocycles. The van der Waals surface area contributed by atoms with E-state index in [9.17, 15) is 9.59 Å². The topological polar surface area (TPSA) is 94.3 Å². The number of primary amides is 1. The molecule has 0 aliphatic carbocycles. The quantitative estimate of drug-likeness (QED) is 0.767. The predicted molar refractivity (Wildman–Crippen MR) is 65.0 cm³/mol. The third kappa shape index (κ3) is 4.03. The van der Waals surface area contributed by atoms with E-state index >= 15 is 0 Å². The van der Waals surface area contributed by atoms with Crippen LogP contribution in [0.3, 0.4) is 0 Å². The van der Waals surface area contributed by atoms with Crippen molar-refractivity contribution in [3.8, 4) is 0 Å². The molecule has 1 heterocycles. The average molecular weight is 257 g/mol. The van der Waals surface area contributed by atoms with Gasteiger partial charge in [-0.15, -0.1) is 11.3 Å². The Morgan fingerprint density at radius 2 is 2.24 bits per heavy atom. The first-order chi connectivity index (χ1) is 7.84. The highest BCUT2D eigenvalue weighted by Gasteiger charge is 2.22. The summed E-state index contributed by atoms with van der Waals surface area (Å²) in [7, 11) is 1.30. The van der Waals surface area contributed by atoms with Crippen LogP contribution in [0.1, 0.15) is 30.8 Å². The lowest BCUT2D eigenvalue weighted by molar-refractivity contribution is -0.118. The van der Waals surface area contributed by atoms with Gasteiger partial charge in [0.1, 0.15) is 0 Å². The minimum Gasteiger partial charge on any atom is -0.464 e. The number of esters is 1. The molecule has 94 valence electrons. The SMILES string of the molecule is COC(=O)c1csc(NC(C)(C)CC(N)=O)n1. The molecule has 1 aromatic heterocycles. The monoisotopic (exact) mass is 257 g/mol. The summed E-state index contributed by atoms with van der Waals surface area (Å²) in [4.78, 5) is 26.1. The molecule has 0 aliphatic rings. The van der Waals surface area contributed by atoms with E-state index in [-0.39, 0.29) is 12.1 Å². The van der Waals surface area contributed by atoms with Crippen LogP contribution in [0.25, 0.3) is 0 Å². The first kappa shape index (κ1) is 13.4. The number of amides is 1. The van der Waals surface area contributed by atoms with Crippen molar-refractivity contribution >= 4 is 28.3 Å². The van der Waals surface area contributed by atoms with Crippen molar-refractivity contribution in [3.05, 3.63) is 11.1 Å². The van der Waals surface area contributed by atoms with Crippen LogP contribution >= 0.6 is 11.3 Å². The Hall–Kier alpha value is -1.63. The van der Waals surface area contributed by atoms with Crippen LogP contribution in [-0.4, -0.2) is 29.5 Å². The van der Waals surface area contributed by atoms with Gasteiger partial charge in [-0.3, -0.25) is 4.79 Å². The number of rotatable bonds is 5. The van der Waals surface area contributed by atoms with E-state index in [0.29, 0.717) is 5.13 Å². The van der Waals surface area contributed by atoms with Crippen LogP contribution in [0.4, 0.5) is 5.13 Å². The third-order valence-electron chi connectivity index (χ3n) is 1.96. The number of thiazole rings is 1. The molecule has 0 saturated heterocycles. The second kappa shape index (κ2) is 5.13. The Balaban J connectivity index is 2.72. The number of hydrogen-bond acceptors (Lipinski definition) is 6. The highest BCUT2D eigenvalue weighted by atomic mass is 32.1. The van der Waals surface area contributed by atoms with Crippen LogP contribution in [0.2, 0.25) is 0 Å². The Morgan fingerprint density at radius 3 is 2.76 bits per heavy atom. The molecule has 1 aromatic rings. The van der Waals surface area contributed by atoms with E-state index in [2.05, 4.69) is 15.0 Å². The second-order valence-electron chi connectivity index (χ2n) is 4.18. The average Bonchev–Trinajstić information content (AvgIpc) is 2.61. The predicted octanol–water partition coefficient (Wildman–Crippen LogP) is 0.996. The first-order valence-corrected chi connectivity index (χ1v) is 5.82. The van der Waals surface area contributed by atoms with Crippen LogP contribution in [0.15, 0.2) is 5.38 Å². The summed E-state index contributed by atoms with van der Waals surface area (Å²) >= 11 is 1.27. The van der Waals surface area contributed by atoms with E-state index in [1.807, 2.05) is 13.8 Å². The van der Waals surface area contributed by atoms with Crippen LogP contribution in [0.5, 0.6) is 0 Å². The number of nitrogens with two attached hydrogens (primary N) is 1. The number of methoxy groups -OCH3 is 1. The Labute approximate surface area is 103 Å². The number of aromatic nitrogens is 1. The number of nitrogens with one attached hydrogen (secondary N) is 1. The molecule has 6 nitrogen and oxygen atoms in total. The maximum atomic E-state index is 11.2. The molecular weight excluding hydrogens is 242 g/mol. The molecule has 0 fully saturated rings. The van der Waals surface area contributed by atoms with E-state index in [0.717, 1.165) is 0 Å². The molecule has 0 atom stereocenters. The van der Waals surface area contributed by atoms with Gasteiger partial charge in [0.2, 0.25) is 5.91 Å². The number of hydrogen-bond donors (Lipinski definition) is 2. The van der Waals surface area contributed by atoms with Gasteiger partial charge in [0.05, 0.1) is 7.11 Å². The standard InChI is InChI=1S/C10H15N3O3S/c1-10(2,4-7(11)14)13-9-12-6(5-17-9)8(15)16-3/h5H,4H2,1-3H3,(H2,11,14)(H,12,13). The maximum Gasteiger partial charge on any atom is 0.357 e. The Bertz CT molecular complexity index is 428. The van der Waals surface area contributed by atoms with Gasteiger partial charge in [-0.25, -0.2) is 9.78 Å². The van der Waals surface area contributed by atoms with E-state index in [1.165, 1.54) is 18.4 Å². The fraction of sp³-hybridized carbons (Fsp3) is 0.500. The van der Waals surface area contributed by atoms with Gasteiger partial charge >= 0.3 is 5.97 Å². The molecule has 0 bridgehead atoms. The largest absolute Gasteiger partial charge is 0.464 e. The van der Waals surface area contributed by atoms with E-state index in [4.69, 9.17) is 5.73 Å². The maximum absolute atomic E-state index is 11.2. The molecule has 17 heavy (non-hydrogen) atoms. The Kier molecular flexibility index (Phi) is 4.06. The lowest BCUT2D eigenvalue weighted by Gasteiger charge is -2.24. The number of ether oxygens (including phenoxy) is 1. The smallest absolute Gasteiger partial charge is 0.357 e. The van der Waals surface area contributed by atoms with Gasteiger partial charge in [-0.05, 0) is 13.8 Å². The molecule has 1 rings (SSSR count). The normalized spacial score (nSPS) is 11.0. The summed E-state index contributed by atoms with van der Waals surface area (Å²) in [5.74, 6) is -0.880. The summed E-state index contributed by atoms with van der Waals surface area (Å²) in [6.07, 6.45) is 0.181. The molecule has 7 heteroatoms. The van der Waals surface area contributed by atoms with Crippen molar-refractivity contribution in [2.45, 2.75) is 25.8 Å². The van der Waals surface area contributed by atoms with Crippen molar-refractivity contribution in [1.82, 2.24) is 4.98 Å². The Morgan fingerprint density at radius 1 is 1.59 bits per heavy atom. The molecule has 3 N–H and O–H groups in total.